The van der Waals surface area contributed by atoms with Gasteiger partial charge in [-0.1, -0.05) is 0 Å². The third-order valence-electron chi connectivity index (χ3n) is 2.47. The maximum atomic E-state index is 5.54. The lowest BCUT2D eigenvalue weighted by atomic mass is 10.2. The van der Waals surface area contributed by atoms with Crippen molar-refractivity contribution in [3.63, 3.8) is 0 Å². The van der Waals surface area contributed by atoms with Gasteiger partial charge in [-0.3, -0.25) is 0 Å². The van der Waals surface area contributed by atoms with Gasteiger partial charge in [0.05, 0.1) is 17.6 Å². The molecule has 0 amide bonds. The number of aromatic nitrogens is 4. The SMILES string of the molecule is NCc1cn2nc(-c3cc[nH]c3)ccc2n1. The molecule has 0 saturated carbocycles. The average Bonchev–Trinajstić information content (AvgIpc) is 2.96. The molecule has 3 heterocycles. The monoisotopic (exact) mass is 213 g/mol. The van der Waals surface area contributed by atoms with Crippen LogP contribution in [0.2, 0.25) is 0 Å². The van der Waals surface area contributed by atoms with Crippen LogP contribution in [-0.2, 0) is 6.54 Å². The number of aromatic amines is 1. The lowest BCUT2D eigenvalue weighted by molar-refractivity contribution is 0.934. The van der Waals surface area contributed by atoms with E-state index in [-0.39, 0.29) is 0 Å². The molecule has 0 saturated heterocycles. The summed E-state index contributed by atoms with van der Waals surface area (Å²) < 4.78 is 1.75. The molecule has 0 aromatic carbocycles. The first-order valence-corrected chi connectivity index (χ1v) is 5.05. The van der Waals surface area contributed by atoms with Crippen LogP contribution in [0, 0.1) is 0 Å². The molecule has 0 fully saturated rings. The molecule has 0 aliphatic heterocycles. The minimum Gasteiger partial charge on any atom is -0.367 e. The number of H-pyrrole nitrogens is 1. The molecule has 0 unspecified atom stereocenters. The van der Waals surface area contributed by atoms with Gasteiger partial charge in [-0.25, -0.2) is 9.50 Å². The second kappa shape index (κ2) is 3.46. The Morgan fingerprint density at radius 2 is 2.25 bits per heavy atom. The molecule has 80 valence electrons. The van der Waals surface area contributed by atoms with Crippen molar-refractivity contribution < 1.29 is 0 Å². The Bertz CT molecular complexity index is 608. The van der Waals surface area contributed by atoms with E-state index in [9.17, 15) is 0 Å². The fourth-order valence-electron chi connectivity index (χ4n) is 1.67. The van der Waals surface area contributed by atoms with Gasteiger partial charge in [0.1, 0.15) is 0 Å². The van der Waals surface area contributed by atoms with Gasteiger partial charge in [0.25, 0.3) is 0 Å². The summed E-state index contributed by atoms with van der Waals surface area (Å²) in [6.07, 6.45) is 5.64. The van der Waals surface area contributed by atoms with Crippen LogP contribution in [0.15, 0.2) is 36.8 Å². The van der Waals surface area contributed by atoms with Crippen LogP contribution < -0.4 is 5.73 Å². The van der Waals surface area contributed by atoms with Crippen molar-refractivity contribution in [1.82, 2.24) is 19.6 Å². The van der Waals surface area contributed by atoms with E-state index in [4.69, 9.17) is 5.73 Å². The molecule has 3 aromatic rings. The first-order valence-electron chi connectivity index (χ1n) is 5.05. The Kier molecular flexibility index (Phi) is 1.97. The third kappa shape index (κ3) is 1.38. The summed E-state index contributed by atoms with van der Waals surface area (Å²) in [5.41, 5.74) is 9.17. The summed E-state index contributed by atoms with van der Waals surface area (Å²) in [6, 6.07) is 5.87. The molecule has 0 aliphatic rings. The minimum absolute atomic E-state index is 0.433. The van der Waals surface area contributed by atoms with Gasteiger partial charge in [0.15, 0.2) is 5.65 Å². The third-order valence-corrected chi connectivity index (χ3v) is 2.47. The normalized spacial score (nSPS) is 11.1. The van der Waals surface area contributed by atoms with Crippen molar-refractivity contribution in [2.24, 2.45) is 5.73 Å². The quantitative estimate of drug-likeness (QED) is 0.671. The Morgan fingerprint density at radius 1 is 1.31 bits per heavy atom. The molecule has 16 heavy (non-hydrogen) atoms. The highest BCUT2D eigenvalue weighted by molar-refractivity contribution is 5.59. The van der Waals surface area contributed by atoms with Gasteiger partial charge in [-0.2, -0.15) is 5.10 Å². The molecular formula is C11H11N5. The van der Waals surface area contributed by atoms with Crippen molar-refractivity contribution in [1.29, 1.82) is 0 Å². The Morgan fingerprint density at radius 3 is 3.00 bits per heavy atom. The van der Waals surface area contributed by atoms with E-state index in [0.29, 0.717) is 6.54 Å². The Hall–Kier alpha value is -2.14. The largest absolute Gasteiger partial charge is 0.367 e. The fourth-order valence-corrected chi connectivity index (χ4v) is 1.67. The lowest BCUT2D eigenvalue weighted by Gasteiger charge is -1.97. The number of imidazole rings is 1. The van der Waals surface area contributed by atoms with E-state index in [0.717, 1.165) is 22.6 Å². The van der Waals surface area contributed by atoms with Gasteiger partial charge in [0, 0.05) is 24.5 Å². The molecule has 0 aliphatic carbocycles. The van der Waals surface area contributed by atoms with Crippen molar-refractivity contribution in [3.8, 4) is 11.3 Å². The second-order valence-corrected chi connectivity index (χ2v) is 3.56. The average molecular weight is 213 g/mol. The summed E-state index contributed by atoms with van der Waals surface area (Å²) in [6.45, 7) is 0.433. The molecule has 0 radical (unpaired) electrons. The predicted octanol–water partition coefficient (Wildman–Crippen LogP) is 1.18. The summed E-state index contributed by atoms with van der Waals surface area (Å²) in [4.78, 5) is 7.33. The zero-order valence-corrected chi connectivity index (χ0v) is 8.59. The topological polar surface area (TPSA) is 72.0 Å². The summed E-state index contributed by atoms with van der Waals surface area (Å²) >= 11 is 0. The highest BCUT2D eigenvalue weighted by Crippen LogP contribution is 2.16. The van der Waals surface area contributed by atoms with Crippen LogP contribution in [0.5, 0.6) is 0 Å². The van der Waals surface area contributed by atoms with Crippen LogP contribution >= 0.6 is 0 Å². The molecule has 3 N–H and O–H groups in total. The van der Waals surface area contributed by atoms with Crippen LogP contribution in [0.1, 0.15) is 5.69 Å². The summed E-state index contributed by atoms with van der Waals surface area (Å²) in [5, 5.41) is 4.46. The highest BCUT2D eigenvalue weighted by Gasteiger charge is 2.04. The van der Waals surface area contributed by atoms with Gasteiger partial charge in [-0.05, 0) is 18.2 Å². The first kappa shape index (κ1) is 9.11. The van der Waals surface area contributed by atoms with Crippen LogP contribution in [0.4, 0.5) is 0 Å². The van der Waals surface area contributed by atoms with E-state index in [1.165, 1.54) is 0 Å². The maximum Gasteiger partial charge on any atom is 0.153 e. The molecule has 5 heteroatoms. The van der Waals surface area contributed by atoms with E-state index in [2.05, 4.69) is 15.1 Å². The number of nitrogens with one attached hydrogen (secondary N) is 1. The lowest BCUT2D eigenvalue weighted by Crippen LogP contribution is -1.95. The fraction of sp³-hybridized carbons (Fsp3) is 0.0909. The van der Waals surface area contributed by atoms with Crippen LogP contribution in [0.25, 0.3) is 16.9 Å². The van der Waals surface area contributed by atoms with Gasteiger partial charge >= 0.3 is 0 Å². The van der Waals surface area contributed by atoms with Crippen molar-refractivity contribution >= 4 is 5.65 Å². The Balaban J connectivity index is 2.15. The van der Waals surface area contributed by atoms with Gasteiger partial charge in [0.2, 0.25) is 0 Å². The molecule has 5 nitrogen and oxygen atoms in total. The first-order chi connectivity index (χ1) is 7.86. The molecule has 3 aromatic heterocycles. The number of hydrogen-bond acceptors (Lipinski definition) is 3. The Labute approximate surface area is 91.9 Å². The van der Waals surface area contributed by atoms with E-state index < -0.39 is 0 Å². The van der Waals surface area contributed by atoms with Crippen LogP contribution in [0.3, 0.4) is 0 Å². The van der Waals surface area contributed by atoms with Crippen molar-refractivity contribution in [2.45, 2.75) is 6.54 Å². The van der Waals surface area contributed by atoms with Crippen molar-refractivity contribution in [2.75, 3.05) is 0 Å². The zero-order valence-electron chi connectivity index (χ0n) is 8.59. The van der Waals surface area contributed by atoms with Crippen molar-refractivity contribution in [3.05, 3.63) is 42.5 Å². The smallest absolute Gasteiger partial charge is 0.153 e. The van der Waals surface area contributed by atoms with Gasteiger partial charge in [-0.15, -0.1) is 0 Å². The number of hydrogen-bond donors (Lipinski definition) is 2. The summed E-state index contributed by atoms with van der Waals surface area (Å²) in [7, 11) is 0. The number of nitrogens with two attached hydrogens (primary N) is 1. The van der Waals surface area contributed by atoms with E-state index in [1.54, 1.807) is 4.52 Å². The van der Waals surface area contributed by atoms with E-state index in [1.807, 2.05) is 36.8 Å². The van der Waals surface area contributed by atoms with E-state index >= 15 is 0 Å². The molecule has 0 atom stereocenters. The molecule has 3 rings (SSSR count). The molecular weight excluding hydrogens is 202 g/mol. The van der Waals surface area contributed by atoms with Gasteiger partial charge < -0.3 is 10.7 Å². The highest BCUT2D eigenvalue weighted by atomic mass is 15.2. The molecule has 0 bridgehead atoms. The maximum absolute atomic E-state index is 5.54. The summed E-state index contributed by atoms with van der Waals surface area (Å²) in [5.74, 6) is 0. The minimum atomic E-state index is 0.433. The standard InChI is InChI=1S/C11H11N5/c12-5-9-7-16-11(14-9)2-1-10(15-16)8-3-4-13-6-8/h1-4,6-7,13H,5,12H2. The van der Waals surface area contributed by atoms with Crippen LogP contribution in [-0.4, -0.2) is 19.6 Å². The molecule has 0 spiro atoms. The zero-order chi connectivity index (χ0) is 11.0. The predicted molar refractivity (Wildman–Crippen MR) is 60.7 cm³/mol. The number of nitrogens with zero attached hydrogens (tertiary/aromatic N) is 3. The number of rotatable bonds is 2. The number of fused-ring (bicyclic) bond motifs is 1. The second-order valence-electron chi connectivity index (χ2n) is 3.56.